The predicted octanol–water partition coefficient (Wildman–Crippen LogP) is 2.74. The average Bonchev–Trinajstić information content (AvgIpc) is 2.38. The number of allylic oxidation sites excluding steroid dienone is 5. The maximum Gasteiger partial charge on any atom is 0.0893 e. The minimum atomic E-state index is 0.669. The van der Waals surface area contributed by atoms with Gasteiger partial charge in [-0.05, 0) is 30.7 Å². The van der Waals surface area contributed by atoms with Gasteiger partial charge < -0.3 is 11.5 Å². The summed E-state index contributed by atoms with van der Waals surface area (Å²) >= 11 is 0. The van der Waals surface area contributed by atoms with Gasteiger partial charge in [0, 0.05) is 17.0 Å². The van der Waals surface area contributed by atoms with E-state index in [0.29, 0.717) is 11.4 Å². The van der Waals surface area contributed by atoms with E-state index in [0.717, 1.165) is 22.5 Å². The summed E-state index contributed by atoms with van der Waals surface area (Å²) in [6, 6.07) is 9.84. The summed E-state index contributed by atoms with van der Waals surface area (Å²) in [4.78, 5) is 4.61. The molecule has 0 radical (unpaired) electrons. The molecule has 1 aromatic carbocycles. The van der Waals surface area contributed by atoms with Crippen LogP contribution in [0.2, 0.25) is 0 Å². The number of hydrogen-bond acceptors (Lipinski definition) is 3. The summed E-state index contributed by atoms with van der Waals surface area (Å²) < 4.78 is 0. The first kappa shape index (κ1) is 12.9. The number of nitrogens with two attached hydrogens (primary N) is 2. The topological polar surface area (TPSA) is 64.4 Å². The van der Waals surface area contributed by atoms with Gasteiger partial charge in [-0.1, -0.05) is 36.9 Å². The summed E-state index contributed by atoms with van der Waals surface area (Å²) in [5, 5.41) is 0. The first-order chi connectivity index (χ1) is 9.08. The van der Waals surface area contributed by atoms with Gasteiger partial charge in [0.05, 0.1) is 11.4 Å². The van der Waals surface area contributed by atoms with Gasteiger partial charge in [-0.25, -0.2) is 4.99 Å². The van der Waals surface area contributed by atoms with Crippen molar-refractivity contribution >= 4 is 11.4 Å². The summed E-state index contributed by atoms with van der Waals surface area (Å²) in [5.41, 5.74) is 16.3. The van der Waals surface area contributed by atoms with Crippen LogP contribution in [-0.4, -0.2) is 5.71 Å². The van der Waals surface area contributed by atoms with E-state index in [2.05, 4.69) is 11.6 Å². The average molecular weight is 251 g/mol. The molecule has 0 aliphatic heterocycles. The molecule has 1 aliphatic carbocycles. The molecule has 2 rings (SSSR count). The molecular formula is C16H17N3. The van der Waals surface area contributed by atoms with Gasteiger partial charge in [0.2, 0.25) is 0 Å². The van der Waals surface area contributed by atoms with E-state index in [1.165, 1.54) is 0 Å². The monoisotopic (exact) mass is 251 g/mol. The van der Waals surface area contributed by atoms with Gasteiger partial charge in [-0.2, -0.15) is 0 Å². The fraction of sp³-hybridized carbons (Fsp3) is 0.0625. The summed E-state index contributed by atoms with van der Waals surface area (Å²) in [6.45, 7) is 5.79. The van der Waals surface area contributed by atoms with E-state index in [1.54, 1.807) is 6.08 Å². The molecule has 1 aliphatic rings. The molecule has 0 aromatic heterocycles. The molecule has 1 aromatic rings. The summed E-state index contributed by atoms with van der Waals surface area (Å²) in [7, 11) is 0. The van der Waals surface area contributed by atoms with Crippen LogP contribution in [0.25, 0.3) is 5.70 Å². The zero-order chi connectivity index (χ0) is 13.8. The quantitative estimate of drug-likeness (QED) is 0.848. The normalized spacial score (nSPS) is 18.3. The molecule has 0 spiro atoms. The molecule has 3 heteroatoms. The molecule has 0 saturated carbocycles. The van der Waals surface area contributed by atoms with Crippen LogP contribution in [-0.2, 0) is 0 Å². The van der Waals surface area contributed by atoms with Crippen molar-refractivity contribution in [3.8, 4) is 0 Å². The Hall–Kier alpha value is -2.55. The van der Waals surface area contributed by atoms with Crippen molar-refractivity contribution in [1.82, 2.24) is 0 Å². The molecule has 0 atom stereocenters. The zero-order valence-electron chi connectivity index (χ0n) is 10.9. The number of nitrogens with zero attached hydrogens (tertiary/aromatic N) is 1. The van der Waals surface area contributed by atoms with Gasteiger partial charge in [0.15, 0.2) is 0 Å². The third kappa shape index (κ3) is 3.01. The smallest absolute Gasteiger partial charge is 0.0893 e. The van der Waals surface area contributed by atoms with Crippen LogP contribution in [0, 0.1) is 0 Å². The highest BCUT2D eigenvalue weighted by atomic mass is 14.8. The van der Waals surface area contributed by atoms with Crippen LogP contribution in [0.15, 0.2) is 77.1 Å². The lowest BCUT2D eigenvalue weighted by molar-refractivity contribution is 1.28. The molecule has 0 saturated heterocycles. The Morgan fingerprint density at radius 1 is 1.16 bits per heavy atom. The maximum atomic E-state index is 5.94. The molecular weight excluding hydrogens is 234 g/mol. The SMILES string of the molecule is C=C1C=C(N)C=CC1=N/C(=C(/C)N)c1ccccc1. The van der Waals surface area contributed by atoms with E-state index in [1.807, 2.05) is 49.4 Å². The summed E-state index contributed by atoms with van der Waals surface area (Å²) in [5.74, 6) is 0. The van der Waals surface area contributed by atoms with Gasteiger partial charge >= 0.3 is 0 Å². The first-order valence-corrected chi connectivity index (χ1v) is 6.03. The van der Waals surface area contributed by atoms with E-state index >= 15 is 0 Å². The van der Waals surface area contributed by atoms with Gasteiger partial charge in [-0.15, -0.1) is 0 Å². The number of hydrogen-bond donors (Lipinski definition) is 2. The Morgan fingerprint density at radius 2 is 1.84 bits per heavy atom. The Labute approximate surface area is 113 Å². The van der Waals surface area contributed by atoms with E-state index in [-0.39, 0.29) is 0 Å². The van der Waals surface area contributed by atoms with Crippen LogP contribution in [0.3, 0.4) is 0 Å². The van der Waals surface area contributed by atoms with Gasteiger partial charge in [0.25, 0.3) is 0 Å². The van der Waals surface area contributed by atoms with Crippen molar-refractivity contribution in [3.05, 3.63) is 77.7 Å². The molecule has 0 fully saturated rings. The van der Waals surface area contributed by atoms with Crippen LogP contribution in [0.4, 0.5) is 0 Å². The highest BCUT2D eigenvalue weighted by Gasteiger charge is 2.08. The van der Waals surface area contributed by atoms with Crippen molar-refractivity contribution < 1.29 is 0 Å². The van der Waals surface area contributed by atoms with Crippen molar-refractivity contribution in [2.45, 2.75) is 6.92 Å². The second-order valence-electron chi connectivity index (χ2n) is 4.40. The van der Waals surface area contributed by atoms with E-state index in [4.69, 9.17) is 11.5 Å². The predicted molar refractivity (Wildman–Crippen MR) is 81.2 cm³/mol. The van der Waals surface area contributed by atoms with E-state index < -0.39 is 0 Å². The van der Waals surface area contributed by atoms with E-state index in [9.17, 15) is 0 Å². The number of aliphatic imine (C=N–C) groups is 1. The summed E-state index contributed by atoms with van der Waals surface area (Å²) in [6.07, 6.45) is 5.46. The fourth-order valence-corrected chi connectivity index (χ4v) is 1.81. The highest BCUT2D eigenvalue weighted by molar-refractivity contribution is 6.13. The Bertz CT molecular complexity index is 613. The van der Waals surface area contributed by atoms with Crippen LogP contribution in [0.5, 0.6) is 0 Å². The van der Waals surface area contributed by atoms with Crippen LogP contribution >= 0.6 is 0 Å². The fourth-order valence-electron chi connectivity index (χ4n) is 1.81. The highest BCUT2D eigenvalue weighted by Crippen LogP contribution is 2.20. The number of rotatable bonds is 2. The van der Waals surface area contributed by atoms with Crippen LogP contribution < -0.4 is 11.5 Å². The Morgan fingerprint density at radius 3 is 2.42 bits per heavy atom. The zero-order valence-corrected chi connectivity index (χ0v) is 10.9. The van der Waals surface area contributed by atoms with Gasteiger partial charge in [0.1, 0.15) is 0 Å². The molecule has 0 bridgehead atoms. The molecule has 3 nitrogen and oxygen atoms in total. The van der Waals surface area contributed by atoms with Crippen molar-refractivity contribution in [1.29, 1.82) is 0 Å². The van der Waals surface area contributed by atoms with Crippen molar-refractivity contribution in [3.63, 3.8) is 0 Å². The standard InChI is InChI=1S/C16H17N3/c1-11-10-14(18)8-9-15(11)19-16(12(2)17)13-6-4-3-5-7-13/h3-10H,1,17-18H2,2H3/b16-12-,19-15?. The van der Waals surface area contributed by atoms with Gasteiger partial charge in [-0.3, -0.25) is 0 Å². The first-order valence-electron chi connectivity index (χ1n) is 6.03. The molecule has 0 unspecified atom stereocenters. The van der Waals surface area contributed by atoms with Crippen molar-refractivity contribution in [2.24, 2.45) is 16.5 Å². The molecule has 19 heavy (non-hydrogen) atoms. The second kappa shape index (κ2) is 5.40. The molecule has 96 valence electrons. The Kier molecular flexibility index (Phi) is 3.66. The lowest BCUT2D eigenvalue weighted by Crippen LogP contribution is -2.07. The maximum absolute atomic E-state index is 5.94. The Balaban J connectivity index is 2.43. The minimum absolute atomic E-state index is 0.669. The largest absolute Gasteiger partial charge is 0.401 e. The lowest BCUT2D eigenvalue weighted by Gasteiger charge is -2.11. The third-order valence-corrected chi connectivity index (χ3v) is 2.76. The third-order valence-electron chi connectivity index (χ3n) is 2.76. The van der Waals surface area contributed by atoms with Crippen molar-refractivity contribution in [2.75, 3.05) is 0 Å². The molecule has 0 heterocycles. The minimum Gasteiger partial charge on any atom is -0.401 e. The molecule has 0 amide bonds. The number of benzene rings is 1. The second-order valence-corrected chi connectivity index (χ2v) is 4.40. The lowest BCUT2D eigenvalue weighted by atomic mass is 10.0. The molecule has 4 N–H and O–H groups in total. The van der Waals surface area contributed by atoms with Crippen LogP contribution in [0.1, 0.15) is 12.5 Å².